The molecule has 1 aliphatic heterocycles. The molecule has 114 valence electrons. The summed E-state index contributed by atoms with van der Waals surface area (Å²) in [4.78, 5) is 2.29. The average Bonchev–Trinajstić information content (AvgIpc) is 2.59. The molecule has 3 heteroatoms. The van der Waals surface area contributed by atoms with Crippen LogP contribution >= 0.6 is 0 Å². The van der Waals surface area contributed by atoms with E-state index >= 15 is 0 Å². The quantitative estimate of drug-likeness (QED) is 0.700. The van der Waals surface area contributed by atoms with E-state index in [1.54, 1.807) is 0 Å². The van der Waals surface area contributed by atoms with Crippen molar-refractivity contribution in [3.05, 3.63) is 0 Å². The predicted octanol–water partition coefficient (Wildman–Crippen LogP) is 2.80. The van der Waals surface area contributed by atoms with Crippen LogP contribution in [-0.4, -0.2) is 46.5 Å². The normalized spacial score (nSPS) is 29.1. The van der Waals surface area contributed by atoms with E-state index in [1.165, 1.54) is 32.1 Å². The Morgan fingerprint density at radius 2 is 1.74 bits per heavy atom. The summed E-state index contributed by atoms with van der Waals surface area (Å²) in [5, 5.41) is 19.2. The van der Waals surface area contributed by atoms with Crippen molar-refractivity contribution in [1.29, 1.82) is 0 Å². The maximum absolute atomic E-state index is 9.85. The number of likely N-dealkylation sites (tertiary alicyclic amines) is 1. The van der Waals surface area contributed by atoms with Crippen molar-refractivity contribution in [2.75, 3.05) is 13.2 Å². The molecule has 0 saturated carbocycles. The molecule has 0 bridgehead atoms. The van der Waals surface area contributed by atoms with Gasteiger partial charge < -0.3 is 10.2 Å². The molecular formula is C16H33NO2. The monoisotopic (exact) mass is 271 g/mol. The third kappa shape index (κ3) is 5.80. The smallest absolute Gasteiger partial charge is 0.0708 e. The van der Waals surface area contributed by atoms with Crippen molar-refractivity contribution in [3.8, 4) is 0 Å². The number of aliphatic hydroxyl groups is 2. The second-order valence-electron chi connectivity index (χ2n) is 7.34. The predicted molar refractivity (Wildman–Crippen MR) is 80.2 cm³/mol. The van der Waals surface area contributed by atoms with Gasteiger partial charge in [-0.2, -0.15) is 0 Å². The Bertz CT molecular complexity index is 250. The minimum absolute atomic E-state index is 0.166. The van der Waals surface area contributed by atoms with Gasteiger partial charge in [0.05, 0.1) is 12.7 Å². The van der Waals surface area contributed by atoms with Crippen LogP contribution in [-0.2, 0) is 0 Å². The van der Waals surface area contributed by atoms with Gasteiger partial charge in [0.25, 0.3) is 0 Å². The van der Waals surface area contributed by atoms with E-state index in [0.717, 1.165) is 13.0 Å². The molecule has 3 nitrogen and oxygen atoms in total. The molecule has 1 saturated heterocycles. The lowest BCUT2D eigenvalue weighted by molar-refractivity contribution is 0.105. The lowest BCUT2D eigenvalue weighted by atomic mass is 9.89. The maximum Gasteiger partial charge on any atom is 0.0708 e. The Hall–Kier alpha value is -0.120. The van der Waals surface area contributed by atoms with E-state index in [-0.39, 0.29) is 24.8 Å². The molecule has 2 unspecified atom stereocenters. The average molecular weight is 271 g/mol. The zero-order chi connectivity index (χ0) is 14.5. The summed E-state index contributed by atoms with van der Waals surface area (Å²) in [5.74, 6) is 0. The summed E-state index contributed by atoms with van der Waals surface area (Å²) in [7, 11) is 0. The van der Waals surface area contributed by atoms with Crippen LogP contribution in [0.1, 0.15) is 66.2 Å². The van der Waals surface area contributed by atoms with Gasteiger partial charge in [-0.15, -0.1) is 0 Å². The van der Waals surface area contributed by atoms with Crippen molar-refractivity contribution >= 4 is 0 Å². The van der Waals surface area contributed by atoms with Crippen LogP contribution in [0.15, 0.2) is 0 Å². The number of nitrogens with zero attached hydrogens (tertiary/aromatic N) is 1. The Balaban J connectivity index is 2.15. The Kier molecular flexibility index (Phi) is 6.78. The molecule has 0 aromatic heterocycles. The molecule has 1 heterocycles. The molecule has 3 atom stereocenters. The molecule has 0 radical (unpaired) electrons. The second-order valence-corrected chi connectivity index (χ2v) is 7.34. The molecule has 0 aliphatic carbocycles. The first kappa shape index (κ1) is 16.9. The van der Waals surface area contributed by atoms with E-state index in [0.29, 0.717) is 5.41 Å². The third-order valence-electron chi connectivity index (χ3n) is 4.37. The van der Waals surface area contributed by atoms with Crippen LogP contribution in [0.5, 0.6) is 0 Å². The van der Waals surface area contributed by atoms with E-state index < -0.39 is 0 Å². The Morgan fingerprint density at radius 1 is 1.11 bits per heavy atom. The SMILES string of the molecule is C[C@@H]1C(O)CC(CO)N1CCCCCCC(C)(C)C. The molecule has 19 heavy (non-hydrogen) atoms. The molecule has 0 amide bonds. The van der Waals surface area contributed by atoms with E-state index in [4.69, 9.17) is 0 Å². The maximum atomic E-state index is 9.85. The number of rotatable bonds is 7. The van der Waals surface area contributed by atoms with Crippen molar-refractivity contribution in [2.24, 2.45) is 5.41 Å². The Labute approximate surface area is 119 Å². The Morgan fingerprint density at radius 3 is 2.32 bits per heavy atom. The first-order valence-corrected chi connectivity index (χ1v) is 7.90. The summed E-state index contributed by atoms with van der Waals surface area (Å²) < 4.78 is 0. The molecule has 0 aromatic carbocycles. The minimum Gasteiger partial charge on any atom is -0.395 e. The summed E-state index contributed by atoms with van der Waals surface area (Å²) in [6.45, 7) is 10.1. The molecule has 1 aliphatic rings. The van der Waals surface area contributed by atoms with Crippen LogP contribution in [0.3, 0.4) is 0 Å². The highest BCUT2D eigenvalue weighted by molar-refractivity contribution is 4.91. The second kappa shape index (κ2) is 7.61. The van der Waals surface area contributed by atoms with Gasteiger partial charge in [0.15, 0.2) is 0 Å². The molecule has 0 spiro atoms. The third-order valence-corrected chi connectivity index (χ3v) is 4.37. The first-order chi connectivity index (χ1) is 8.85. The molecule has 1 fully saturated rings. The summed E-state index contributed by atoms with van der Waals surface area (Å²) in [6.07, 6.45) is 6.80. The first-order valence-electron chi connectivity index (χ1n) is 7.90. The minimum atomic E-state index is -0.266. The number of unbranched alkanes of at least 4 members (excludes halogenated alkanes) is 3. The highest BCUT2D eigenvalue weighted by Crippen LogP contribution is 2.25. The van der Waals surface area contributed by atoms with Crippen LogP contribution in [0.2, 0.25) is 0 Å². The fraction of sp³-hybridized carbons (Fsp3) is 1.00. The van der Waals surface area contributed by atoms with Crippen LogP contribution < -0.4 is 0 Å². The van der Waals surface area contributed by atoms with Gasteiger partial charge >= 0.3 is 0 Å². The van der Waals surface area contributed by atoms with Crippen molar-refractivity contribution in [3.63, 3.8) is 0 Å². The lowest BCUT2D eigenvalue weighted by Gasteiger charge is -2.27. The zero-order valence-electron chi connectivity index (χ0n) is 13.2. The summed E-state index contributed by atoms with van der Waals surface area (Å²) in [5.41, 5.74) is 0.454. The summed E-state index contributed by atoms with van der Waals surface area (Å²) in [6, 6.07) is 0.367. The largest absolute Gasteiger partial charge is 0.395 e. The molecule has 0 aromatic rings. The number of hydrogen-bond acceptors (Lipinski definition) is 3. The van der Waals surface area contributed by atoms with E-state index in [1.807, 2.05) is 0 Å². The molecule has 1 rings (SSSR count). The van der Waals surface area contributed by atoms with Crippen molar-refractivity contribution < 1.29 is 10.2 Å². The van der Waals surface area contributed by atoms with Gasteiger partial charge in [0, 0.05) is 12.1 Å². The van der Waals surface area contributed by atoms with Gasteiger partial charge in [0.1, 0.15) is 0 Å². The molecule has 2 N–H and O–H groups in total. The number of hydrogen-bond donors (Lipinski definition) is 2. The highest BCUT2D eigenvalue weighted by atomic mass is 16.3. The van der Waals surface area contributed by atoms with Crippen LogP contribution in [0.4, 0.5) is 0 Å². The standard InChI is InChI=1S/C16H33NO2/c1-13-15(19)11-14(12-18)17(13)10-8-6-5-7-9-16(2,3)4/h13-15,18-19H,5-12H2,1-4H3/t13-,14?,15?/m1/s1. The van der Waals surface area contributed by atoms with E-state index in [9.17, 15) is 10.2 Å². The van der Waals surface area contributed by atoms with Crippen molar-refractivity contribution in [1.82, 2.24) is 4.90 Å². The topological polar surface area (TPSA) is 43.7 Å². The zero-order valence-corrected chi connectivity index (χ0v) is 13.2. The van der Waals surface area contributed by atoms with E-state index in [2.05, 4.69) is 32.6 Å². The van der Waals surface area contributed by atoms with Gasteiger partial charge in [-0.3, -0.25) is 4.90 Å². The van der Waals surface area contributed by atoms with Gasteiger partial charge in [0.2, 0.25) is 0 Å². The summed E-state index contributed by atoms with van der Waals surface area (Å²) >= 11 is 0. The van der Waals surface area contributed by atoms with Gasteiger partial charge in [-0.1, -0.05) is 40.0 Å². The van der Waals surface area contributed by atoms with Crippen molar-refractivity contribution in [2.45, 2.75) is 84.4 Å². The van der Waals surface area contributed by atoms with Crippen LogP contribution in [0.25, 0.3) is 0 Å². The fourth-order valence-corrected chi connectivity index (χ4v) is 3.03. The lowest BCUT2D eigenvalue weighted by Crippen LogP contribution is -2.39. The number of aliphatic hydroxyl groups excluding tert-OH is 2. The van der Waals surface area contributed by atoms with Gasteiger partial charge in [-0.05, 0) is 38.1 Å². The highest BCUT2D eigenvalue weighted by Gasteiger charge is 2.36. The van der Waals surface area contributed by atoms with Crippen LogP contribution in [0, 0.1) is 5.41 Å². The van der Waals surface area contributed by atoms with Gasteiger partial charge in [-0.25, -0.2) is 0 Å². The molecular weight excluding hydrogens is 238 g/mol. The fourth-order valence-electron chi connectivity index (χ4n) is 3.03.